The number of ether oxygens (including phenoxy) is 3. The molecule has 0 aliphatic heterocycles. The van der Waals surface area contributed by atoms with E-state index in [-0.39, 0.29) is 6.61 Å². The molecule has 0 N–H and O–H groups in total. The molecule has 0 unspecified atom stereocenters. The summed E-state index contributed by atoms with van der Waals surface area (Å²) in [5, 5.41) is 0. The number of imide groups is 1. The Morgan fingerprint density at radius 2 is 1.45 bits per heavy atom. The molecule has 0 spiro atoms. The van der Waals surface area contributed by atoms with Crippen LogP contribution in [0.1, 0.15) is 37.9 Å². The van der Waals surface area contributed by atoms with Crippen molar-refractivity contribution < 1.29 is 28.6 Å². The lowest BCUT2D eigenvalue weighted by Gasteiger charge is -2.30. The smallest absolute Gasteiger partial charge is 0.420 e. The highest BCUT2D eigenvalue weighted by atomic mass is 16.6. The number of nitrogens with zero attached hydrogens (tertiary/aromatic N) is 1. The summed E-state index contributed by atoms with van der Waals surface area (Å²) in [6.07, 6.45) is -2.02. The number of amides is 2. The Bertz CT molecular complexity index is 829. The fraction of sp³-hybridized carbons (Fsp3) is 0.318. The minimum atomic E-state index is -1.35. The number of esters is 1. The van der Waals surface area contributed by atoms with Crippen LogP contribution in [0.25, 0.3) is 0 Å². The Balaban J connectivity index is 2.37. The van der Waals surface area contributed by atoms with E-state index in [9.17, 15) is 14.4 Å². The molecule has 154 valence electrons. The van der Waals surface area contributed by atoms with Crippen LogP contribution in [0.2, 0.25) is 0 Å². The van der Waals surface area contributed by atoms with Crippen LogP contribution in [0.3, 0.4) is 0 Å². The molecule has 2 aromatic rings. The molecule has 7 nitrogen and oxygen atoms in total. The van der Waals surface area contributed by atoms with Crippen molar-refractivity contribution >= 4 is 18.2 Å². The first-order valence-corrected chi connectivity index (χ1v) is 9.08. The molecule has 2 amide bonds. The number of carbonyl (C=O) groups is 3. The zero-order valence-corrected chi connectivity index (χ0v) is 17.0. The first-order valence-electron chi connectivity index (χ1n) is 9.08. The van der Waals surface area contributed by atoms with Gasteiger partial charge in [-0.15, -0.1) is 0 Å². The second-order valence-electron chi connectivity index (χ2n) is 7.23. The second-order valence-corrected chi connectivity index (χ2v) is 7.23. The first-order chi connectivity index (χ1) is 13.7. The van der Waals surface area contributed by atoms with Gasteiger partial charge in [0.2, 0.25) is 0 Å². The molecular formula is C22H25NO6. The van der Waals surface area contributed by atoms with Gasteiger partial charge in [0, 0.05) is 0 Å². The van der Waals surface area contributed by atoms with Gasteiger partial charge < -0.3 is 14.2 Å². The van der Waals surface area contributed by atoms with Crippen LogP contribution in [0.5, 0.6) is 0 Å². The molecule has 0 aliphatic rings. The van der Waals surface area contributed by atoms with Gasteiger partial charge >= 0.3 is 18.2 Å². The molecule has 2 aromatic carbocycles. The van der Waals surface area contributed by atoms with Crippen molar-refractivity contribution in [1.82, 2.24) is 4.90 Å². The molecule has 7 heteroatoms. The van der Waals surface area contributed by atoms with Gasteiger partial charge in [0.25, 0.3) is 0 Å². The maximum absolute atomic E-state index is 12.9. The normalized spacial score (nSPS) is 11.9. The fourth-order valence-corrected chi connectivity index (χ4v) is 2.52. The van der Waals surface area contributed by atoms with Crippen LogP contribution >= 0.6 is 0 Å². The average Bonchev–Trinajstić information content (AvgIpc) is 2.69. The van der Waals surface area contributed by atoms with Gasteiger partial charge in [0.1, 0.15) is 12.2 Å². The van der Waals surface area contributed by atoms with E-state index in [0.29, 0.717) is 10.5 Å². The van der Waals surface area contributed by atoms with Crippen molar-refractivity contribution in [2.75, 3.05) is 7.11 Å². The first kappa shape index (κ1) is 21.9. The van der Waals surface area contributed by atoms with Crippen LogP contribution in [0, 0.1) is 0 Å². The van der Waals surface area contributed by atoms with Crippen LogP contribution in [-0.4, -0.2) is 35.8 Å². The van der Waals surface area contributed by atoms with Gasteiger partial charge in [0.15, 0.2) is 6.04 Å². The predicted octanol–water partition coefficient (Wildman–Crippen LogP) is 4.47. The SMILES string of the molecule is COC(=O)[C@@H](c1ccccc1)N(C(=O)OCc1ccccc1)C(=O)OC(C)(C)C. The molecule has 2 rings (SSSR count). The van der Waals surface area contributed by atoms with Gasteiger partial charge in [-0.05, 0) is 31.9 Å². The van der Waals surface area contributed by atoms with Gasteiger partial charge in [-0.2, -0.15) is 4.90 Å². The molecule has 29 heavy (non-hydrogen) atoms. The number of hydrogen-bond donors (Lipinski definition) is 0. The summed E-state index contributed by atoms with van der Waals surface area (Å²) in [4.78, 5) is 38.9. The highest BCUT2D eigenvalue weighted by Gasteiger charge is 2.40. The van der Waals surface area contributed by atoms with E-state index in [4.69, 9.17) is 14.2 Å². The Morgan fingerprint density at radius 3 is 1.97 bits per heavy atom. The number of rotatable bonds is 5. The lowest BCUT2D eigenvalue weighted by Crippen LogP contribution is -2.46. The second kappa shape index (κ2) is 9.73. The number of carbonyl (C=O) groups excluding carboxylic acids is 3. The third-order valence-electron chi connectivity index (χ3n) is 3.79. The molecule has 0 aliphatic carbocycles. The van der Waals surface area contributed by atoms with E-state index in [0.717, 1.165) is 5.56 Å². The van der Waals surface area contributed by atoms with E-state index >= 15 is 0 Å². The van der Waals surface area contributed by atoms with Crippen molar-refractivity contribution in [3.8, 4) is 0 Å². The van der Waals surface area contributed by atoms with Crippen molar-refractivity contribution in [2.45, 2.75) is 39.0 Å². The standard InChI is InChI=1S/C22H25NO6/c1-22(2,3)29-21(26)23(20(25)28-15-16-11-7-5-8-12-16)18(19(24)27-4)17-13-9-6-10-14-17/h5-14,18H,15H2,1-4H3/t18-/m1/s1. The zero-order valence-electron chi connectivity index (χ0n) is 17.0. The zero-order chi connectivity index (χ0) is 21.4. The molecular weight excluding hydrogens is 374 g/mol. The van der Waals surface area contributed by atoms with Crippen LogP contribution < -0.4 is 0 Å². The maximum atomic E-state index is 12.9. The van der Waals surface area contributed by atoms with E-state index in [1.165, 1.54) is 7.11 Å². The lowest BCUT2D eigenvalue weighted by molar-refractivity contribution is -0.146. The van der Waals surface area contributed by atoms with Crippen LogP contribution in [-0.2, 0) is 25.6 Å². The van der Waals surface area contributed by atoms with Crippen molar-refractivity contribution in [3.63, 3.8) is 0 Å². The summed E-state index contributed by atoms with van der Waals surface area (Å²) in [6.45, 7) is 4.91. The summed E-state index contributed by atoms with van der Waals surface area (Å²) in [6, 6.07) is 16.0. The Labute approximate surface area is 170 Å². The van der Waals surface area contributed by atoms with Crippen molar-refractivity contribution in [2.24, 2.45) is 0 Å². The van der Waals surface area contributed by atoms with Crippen LogP contribution in [0.4, 0.5) is 9.59 Å². The predicted molar refractivity (Wildman–Crippen MR) is 106 cm³/mol. The van der Waals surface area contributed by atoms with E-state index < -0.39 is 29.8 Å². The lowest BCUT2D eigenvalue weighted by atomic mass is 10.1. The molecule has 0 fully saturated rings. The summed E-state index contributed by atoms with van der Waals surface area (Å²) in [7, 11) is 1.18. The summed E-state index contributed by atoms with van der Waals surface area (Å²) in [5.74, 6) is -0.793. The van der Waals surface area contributed by atoms with E-state index in [2.05, 4.69) is 0 Å². The minimum absolute atomic E-state index is 0.0678. The van der Waals surface area contributed by atoms with Gasteiger partial charge in [0.05, 0.1) is 7.11 Å². The van der Waals surface area contributed by atoms with Crippen molar-refractivity contribution in [1.29, 1.82) is 0 Å². The Hall–Kier alpha value is -3.35. The number of hydrogen-bond acceptors (Lipinski definition) is 6. The van der Waals surface area contributed by atoms with Gasteiger partial charge in [-0.25, -0.2) is 14.4 Å². The largest absolute Gasteiger partial charge is 0.467 e. The van der Waals surface area contributed by atoms with Gasteiger partial charge in [-0.1, -0.05) is 60.7 Å². The van der Waals surface area contributed by atoms with Gasteiger partial charge in [-0.3, -0.25) is 0 Å². The number of benzene rings is 2. The molecule has 0 radical (unpaired) electrons. The Morgan fingerprint density at radius 1 is 0.897 bits per heavy atom. The fourth-order valence-electron chi connectivity index (χ4n) is 2.52. The Kier molecular flexibility index (Phi) is 7.36. The van der Waals surface area contributed by atoms with Crippen molar-refractivity contribution in [3.05, 3.63) is 71.8 Å². The summed E-state index contributed by atoms with van der Waals surface area (Å²) in [5.41, 5.74) is 0.244. The highest BCUT2D eigenvalue weighted by molar-refractivity contribution is 5.94. The molecule has 0 aromatic heterocycles. The minimum Gasteiger partial charge on any atom is -0.467 e. The quantitative estimate of drug-likeness (QED) is 0.545. The number of methoxy groups -OCH3 is 1. The average molecular weight is 399 g/mol. The molecule has 0 bridgehead atoms. The molecule has 1 atom stereocenters. The summed E-state index contributed by atoms with van der Waals surface area (Å²) >= 11 is 0. The molecule has 0 heterocycles. The topological polar surface area (TPSA) is 82.1 Å². The highest BCUT2D eigenvalue weighted by Crippen LogP contribution is 2.26. The summed E-state index contributed by atoms with van der Waals surface area (Å²) < 4.78 is 15.5. The monoisotopic (exact) mass is 399 g/mol. The third kappa shape index (κ3) is 6.34. The third-order valence-corrected chi connectivity index (χ3v) is 3.79. The maximum Gasteiger partial charge on any atom is 0.420 e. The van der Waals surface area contributed by atoms with E-state index in [1.807, 2.05) is 6.07 Å². The molecule has 0 saturated heterocycles. The molecule has 0 saturated carbocycles. The van der Waals surface area contributed by atoms with Crippen LogP contribution in [0.15, 0.2) is 60.7 Å². The van der Waals surface area contributed by atoms with E-state index in [1.54, 1.807) is 75.4 Å².